The van der Waals surface area contributed by atoms with Crippen molar-refractivity contribution < 1.29 is 14.3 Å². The number of halogens is 1. The molecule has 3 rings (SSSR count). The van der Waals surface area contributed by atoms with Crippen molar-refractivity contribution >= 4 is 11.6 Å². The molecule has 2 aromatic carbocycles. The normalized spacial score (nSPS) is 17.0. The minimum absolute atomic E-state index is 0.218. The van der Waals surface area contributed by atoms with Crippen molar-refractivity contribution in [3.05, 3.63) is 64.5 Å². The van der Waals surface area contributed by atoms with Gasteiger partial charge in [0.25, 0.3) is 0 Å². The van der Waals surface area contributed by atoms with E-state index in [0.29, 0.717) is 16.7 Å². The number of aryl methyl sites for hydroxylation is 1. The van der Waals surface area contributed by atoms with Gasteiger partial charge in [-0.1, -0.05) is 29.8 Å². The lowest BCUT2D eigenvalue weighted by Gasteiger charge is -2.18. The van der Waals surface area contributed by atoms with Gasteiger partial charge in [0.15, 0.2) is 0 Å². The highest BCUT2D eigenvalue weighted by Gasteiger charge is 2.40. The number of hydrogen-bond acceptors (Lipinski definition) is 2. The Balaban J connectivity index is 2.09. The van der Waals surface area contributed by atoms with Crippen LogP contribution in [0.3, 0.4) is 0 Å². The molecule has 2 aromatic rings. The van der Waals surface area contributed by atoms with Crippen molar-refractivity contribution in [1.82, 2.24) is 0 Å². The number of carbonyl (C=O) groups excluding carboxylic acids is 1. The van der Waals surface area contributed by atoms with Gasteiger partial charge in [0, 0.05) is 0 Å². The number of rotatable bonds is 2. The zero-order valence-corrected chi connectivity index (χ0v) is 12.8. The number of benzene rings is 2. The van der Waals surface area contributed by atoms with Crippen LogP contribution in [0.1, 0.15) is 42.2 Å². The Morgan fingerprint density at radius 1 is 1.18 bits per heavy atom. The zero-order chi connectivity index (χ0) is 16.1. The molecule has 1 aliphatic rings. The van der Waals surface area contributed by atoms with Gasteiger partial charge in [0.1, 0.15) is 11.9 Å². The molecule has 1 unspecified atom stereocenters. The van der Waals surface area contributed by atoms with Gasteiger partial charge >= 0.3 is 0 Å². The van der Waals surface area contributed by atoms with Crippen LogP contribution in [0, 0.1) is 12.7 Å². The Hall–Kier alpha value is -2.20. The van der Waals surface area contributed by atoms with E-state index in [1.54, 1.807) is 26.0 Å². The first kappa shape index (κ1) is 14.7. The van der Waals surface area contributed by atoms with E-state index in [1.807, 2.05) is 25.1 Å². The van der Waals surface area contributed by atoms with Gasteiger partial charge in [-0.15, -0.1) is 0 Å². The first-order chi connectivity index (χ1) is 10.3. The molecule has 2 N–H and O–H groups in total. The summed E-state index contributed by atoms with van der Waals surface area (Å²) < 4.78 is 14.3. The Bertz CT molecular complexity index is 768. The van der Waals surface area contributed by atoms with Crippen LogP contribution in [0.15, 0.2) is 36.4 Å². The molecule has 0 radical (unpaired) electrons. The topological polar surface area (TPSA) is 49.3 Å². The molecule has 3 nitrogen and oxygen atoms in total. The number of aliphatic hydroxyl groups is 1. The third kappa shape index (κ3) is 2.20. The van der Waals surface area contributed by atoms with Gasteiger partial charge in [0.05, 0.1) is 11.1 Å². The molecule has 4 heteroatoms. The van der Waals surface area contributed by atoms with Crippen LogP contribution in [-0.2, 0) is 10.2 Å². The van der Waals surface area contributed by atoms with E-state index >= 15 is 0 Å². The Morgan fingerprint density at radius 3 is 2.59 bits per heavy atom. The molecule has 1 aliphatic heterocycles. The van der Waals surface area contributed by atoms with Crippen molar-refractivity contribution in [2.24, 2.45) is 0 Å². The summed E-state index contributed by atoms with van der Waals surface area (Å²) >= 11 is 0. The lowest BCUT2D eigenvalue weighted by Crippen LogP contribution is -2.26. The Labute approximate surface area is 128 Å². The quantitative estimate of drug-likeness (QED) is 0.892. The fraction of sp³-hybridized carbons (Fsp3) is 0.278. The summed E-state index contributed by atoms with van der Waals surface area (Å²) in [5.74, 6) is -0.748. The van der Waals surface area contributed by atoms with E-state index < -0.39 is 17.3 Å². The van der Waals surface area contributed by atoms with Crippen molar-refractivity contribution in [2.45, 2.75) is 32.3 Å². The summed E-state index contributed by atoms with van der Waals surface area (Å²) in [6, 6.07) is 10.5. The van der Waals surface area contributed by atoms with E-state index in [2.05, 4.69) is 5.32 Å². The lowest BCUT2D eigenvalue weighted by atomic mass is 9.84. The molecule has 0 aliphatic carbocycles. The average molecular weight is 299 g/mol. The molecular formula is C18H18FNO2. The minimum Gasteiger partial charge on any atom is -0.384 e. The maximum absolute atomic E-state index is 14.3. The molecule has 0 saturated heterocycles. The SMILES string of the molecule is Cc1cccc(C(O)c2cc(F)c3c(c2)C(C)(C)C(=O)N3)c1. The first-order valence-electron chi connectivity index (χ1n) is 7.20. The van der Waals surface area contributed by atoms with Crippen LogP contribution < -0.4 is 5.32 Å². The molecule has 1 atom stereocenters. The van der Waals surface area contributed by atoms with E-state index in [-0.39, 0.29) is 11.6 Å². The van der Waals surface area contributed by atoms with Crippen LogP contribution in [0.2, 0.25) is 0 Å². The number of carbonyl (C=O) groups is 1. The van der Waals surface area contributed by atoms with Crippen LogP contribution in [0.5, 0.6) is 0 Å². The minimum atomic E-state index is -0.925. The van der Waals surface area contributed by atoms with Crippen LogP contribution in [0.4, 0.5) is 10.1 Å². The standard InChI is InChI=1S/C18H18FNO2/c1-10-5-4-6-11(7-10)16(21)12-8-13-15(14(19)9-12)20-17(22)18(13,2)3/h4-9,16,21H,1-3H3,(H,20,22). The zero-order valence-electron chi connectivity index (χ0n) is 12.8. The molecule has 0 saturated carbocycles. The van der Waals surface area contributed by atoms with Gasteiger partial charge in [-0.05, 0) is 49.6 Å². The second-order valence-corrected chi connectivity index (χ2v) is 6.32. The summed E-state index contributed by atoms with van der Waals surface area (Å²) in [6.07, 6.45) is -0.925. The van der Waals surface area contributed by atoms with E-state index in [1.165, 1.54) is 6.07 Å². The molecule has 1 heterocycles. The van der Waals surface area contributed by atoms with Crippen LogP contribution >= 0.6 is 0 Å². The lowest BCUT2D eigenvalue weighted by molar-refractivity contribution is -0.119. The van der Waals surface area contributed by atoms with Gasteiger partial charge < -0.3 is 10.4 Å². The van der Waals surface area contributed by atoms with Gasteiger partial charge in [0.2, 0.25) is 5.91 Å². The van der Waals surface area contributed by atoms with E-state index in [9.17, 15) is 14.3 Å². The highest BCUT2D eigenvalue weighted by molar-refractivity contribution is 6.05. The molecule has 1 amide bonds. The summed E-state index contributed by atoms with van der Waals surface area (Å²) in [4.78, 5) is 12.0. The number of anilines is 1. The Morgan fingerprint density at radius 2 is 1.91 bits per heavy atom. The predicted octanol–water partition coefficient (Wildman–Crippen LogP) is 3.45. The monoisotopic (exact) mass is 299 g/mol. The average Bonchev–Trinajstić information content (AvgIpc) is 2.70. The second kappa shape index (κ2) is 4.92. The summed E-state index contributed by atoms with van der Waals surface area (Å²) in [5, 5.41) is 13.1. The van der Waals surface area contributed by atoms with Crippen molar-refractivity contribution in [3.8, 4) is 0 Å². The van der Waals surface area contributed by atoms with Gasteiger partial charge in [-0.2, -0.15) is 0 Å². The molecule has 0 spiro atoms. The highest BCUT2D eigenvalue weighted by atomic mass is 19.1. The summed E-state index contributed by atoms with van der Waals surface area (Å²) in [7, 11) is 0. The van der Waals surface area contributed by atoms with Gasteiger partial charge in [-0.3, -0.25) is 4.79 Å². The molecule has 0 aromatic heterocycles. The maximum atomic E-state index is 14.3. The van der Waals surface area contributed by atoms with E-state index in [0.717, 1.165) is 5.56 Å². The molecule has 114 valence electrons. The molecule has 0 bridgehead atoms. The number of amides is 1. The smallest absolute Gasteiger partial charge is 0.234 e. The molecule has 22 heavy (non-hydrogen) atoms. The number of nitrogens with one attached hydrogen (secondary N) is 1. The number of fused-ring (bicyclic) bond motifs is 1. The predicted molar refractivity (Wildman–Crippen MR) is 83.3 cm³/mol. The molecule has 0 fully saturated rings. The van der Waals surface area contributed by atoms with Crippen LogP contribution in [0.25, 0.3) is 0 Å². The highest BCUT2D eigenvalue weighted by Crippen LogP contribution is 2.41. The third-order valence-corrected chi connectivity index (χ3v) is 4.27. The van der Waals surface area contributed by atoms with E-state index in [4.69, 9.17) is 0 Å². The van der Waals surface area contributed by atoms with Crippen LogP contribution in [-0.4, -0.2) is 11.0 Å². The summed E-state index contributed by atoms with van der Waals surface area (Å²) in [5.41, 5.74) is 2.17. The van der Waals surface area contributed by atoms with Crippen molar-refractivity contribution in [2.75, 3.05) is 5.32 Å². The fourth-order valence-corrected chi connectivity index (χ4v) is 2.83. The first-order valence-corrected chi connectivity index (χ1v) is 7.20. The maximum Gasteiger partial charge on any atom is 0.234 e. The Kier molecular flexibility index (Phi) is 3.29. The van der Waals surface area contributed by atoms with Crippen molar-refractivity contribution in [1.29, 1.82) is 0 Å². The number of aliphatic hydroxyl groups excluding tert-OH is 1. The van der Waals surface area contributed by atoms with Crippen molar-refractivity contribution in [3.63, 3.8) is 0 Å². The largest absolute Gasteiger partial charge is 0.384 e. The third-order valence-electron chi connectivity index (χ3n) is 4.27. The fourth-order valence-electron chi connectivity index (χ4n) is 2.83. The number of hydrogen-bond donors (Lipinski definition) is 2. The molecular weight excluding hydrogens is 281 g/mol. The van der Waals surface area contributed by atoms with Gasteiger partial charge in [-0.25, -0.2) is 4.39 Å². The summed E-state index contributed by atoms with van der Waals surface area (Å²) in [6.45, 7) is 5.43. The second-order valence-electron chi connectivity index (χ2n) is 6.32.